The molecular formula is C29H31ClFN5O5S. The Morgan fingerprint density at radius 2 is 1.88 bits per heavy atom. The summed E-state index contributed by atoms with van der Waals surface area (Å²) < 4.78 is 47.2. The Bertz CT molecular complexity index is 1770. The van der Waals surface area contributed by atoms with Crippen LogP contribution >= 0.6 is 11.6 Å². The van der Waals surface area contributed by atoms with Crippen molar-refractivity contribution in [2.75, 3.05) is 18.5 Å². The van der Waals surface area contributed by atoms with Gasteiger partial charge in [-0.2, -0.15) is 4.68 Å². The van der Waals surface area contributed by atoms with E-state index in [0.29, 0.717) is 30.1 Å². The van der Waals surface area contributed by atoms with Crippen molar-refractivity contribution in [2.24, 2.45) is 5.14 Å². The number of rotatable bonds is 12. The molecule has 13 heteroatoms. The Labute approximate surface area is 247 Å². The summed E-state index contributed by atoms with van der Waals surface area (Å²) in [4.78, 5) is 25.6. The van der Waals surface area contributed by atoms with Gasteiger partial charge < -0.3 is 10.1 Å². The van der Waals surface area contributed by atoms with Gasteiger partial charge in [-0.3, -0.25) is 9.36 Å². The van der Waals surface area contributed by atoms with Gasteiger partial charge in [0.1, 0.15) is 18.2 Å². The first kappa shape index (κ1) is 31.1. The fourth-order valence-electron chi connectivity index (χ4n) is 4.38. The molecule has 1 aromatic heterocycles. The third kappa shape index (κ3) is 7.13. The number of unbranched alkanes of at least 4 members (excludes halogenated alkanes) is 1. The van der Waals surface area contributed by atoms with E-state index in [-0.39, 0.29) is 45.8 Å². The lowest BCUT2D eigenvalue weighted by atomic mass is 10.0. The van der Waals surface area contributed by atoms with E-state index in [1.807, 2.05) is 6.92 Å². The lowest BCUT2D eigenvalue weighted by Crippen LogP contribution is -2.26. The number of primary sulfonamides is 1. The molecule has 3 N–H and O–H groups in total. The van der Waals surface area contributed by atoms with E-state index in [9.17, 15) is 18.0 Å². The third-order valence-electron chi connectivity index (χ3n) is 6.47. The maximum Gasteiger partial charge on any atom is 0.351 e. The van der Waals surface area contributed by atoms with Gasteiger partial charge in [0, 0.05) is 29.8 Å². The summed E-state index contributed by atoms with van der Waals surface area (Å²) in [6.07, 6.45) is 2.04. The number of hydrogen-bond donors (Lipinski definition) is 2. The fourth-order valence-corrected chi connectivity index (χ4v) is 5.34. The molecule has 3 aromatic carbocycles. The van der Waals surface area contributed by atoms with Crippen LogP contribution in [-0.4, -0.2) is 41.9 Å². The maximum absolute atomic E-state index is 15.4. The van der Waals surface area contributed by atoms with E-state index in [1.54, 1.807) is 37.3 Å². The van der Waals surface area contributed by atoms with Crippen molar-refractivity contribution in [1.82, 2.24) is 14.3 Å². The van der Waals surface area contributed by atoms with E-state index in [1.165, 1.54) is 34.9 Å². The summed E-state index contributed by atoms with van der Waals surface area (Å²) in [5.41, 5.74) is 0.907. The minimum atomic E-state index is -4.03. The second-order valence-electron chi connectivity index (χ2n) is 9.50. The van der Waals surface area contributed by atoms with Crippen molar-refractivity contribution in [3.63, 3.8) is 0 Å². The molecular weight excluding hydrogens is 585 g/mol. The van der Waals surface area contributed by atoms with Crippen LogP contribution in [0.5, 0.6) is 0 Å². The largest absolute Gasteiger partial charge is 0.372 e. The first-order chi connectivity index (χ1) is 20.0. The van der Waals surface area contributed by atoms with Crippen LogP contribution in [0.3, 0.4) is 0 Å². The number of nitrogens with zero attached hydrogens (tertiary/aromatic N) is 3. The molecule has 0 aliphatic carbocycles. The summed E-state index contributed by atoms with van der Waals surface area (Å²) in [5.74, 6) is -0.557. The normalized spacial score (nSPS) is 11.5. The summed E-state index contributed by atoms with van der Waals surface area (Å²) in [6, 6.07) is 15.0. The lowest BCUT2D eigenvalue weighted by molar-refractivity contribution is -0.120. The molecule has 222 valence electrons. The predicted molar refractivity (Wildman–Crippen MR) is 159 cm³/mol. The zero-order chi connectivity index (χ0) is 30.4. The SMILES string of the molecule is CCCCc1nn(-c2cc(NC(=O)COCC)ccc2Cl)c(=O)n1Cc1ccc(-c2ccccc2S(N)(=O)=O)cc1F. The highest BCUT2D eigenvalue weighted by Crippen LogP contribution is 2.28. The second-order valence-corrected chi connectivity index (χ2v) is 11.4. The van der Waals surface area contributed by atoms with Crippen molar-refractivity contribution >= 4 is 33.2 Å². The molecule has 4 rings (SSSR count). The number of nitrogens with two attached hydrogens (primary N) is 1. The molecule has 0 radical (unpaired) electrons. The van der Waals surface area contributed by atoms with E-state index < -0.39 is 21.5 Å². The number of ether oxygens (including phenoxy) is 1. The van der Waals surface area contributed by atoms with Crippen LogP contribution in [0.1, 0.15) is 38.1 Å². The molecule has 0 saturated heterocycles. The molecule has 1 heterocycles. The number of carbonyl (C=O) groups is 1. The molecule has 0 bridgehead atoms. The average molecular weight is 616 g/mol. The molecule has 4 aromatic rings. The van der Waals surface area contributed by atoms with Crippen LogP contribution in [0.2, 0.25) is 5.02 Å². The molecule has 0 saturated carbocycles. The van der Waals surface area contributed by atoms with E-state index in [4.69, 9.17) is 21.5 Å². The first-order valence-electron chi connectivity index (χ1n) is 13.3. The highest BCUT2D eigenvalue weighted by atomic mass is 35.5. The van der Waals surface area contributed by atoms with Crippen molar-refractivity contribution in [1.29, 1.82) is 0 Å². The molecule has 0 fully saturated rings. The van der Waals surface area contributed by atoms with Gasteiger partial charge in [-0.1, -0.05) is 55.3 Å². The Kier molecular flexibility index (Phi) is 9.94. The standard InChI is InChI=1S/C29H31ClFN5O5S/c1-3-5-10-27-34-36(25-16-21(13-14-23(25)30)33-28(37)18-41-4-2)29(38)35(27)17-20-12-11-19(15-24(20)31)22-8-6-7-9-26(22)42(32,39)40/h6-9,11-16H,3-5,10,17-18H2,1-2H3,(H,33,37)(H2,32,39,40). The minimum absolute atomic E-state index is 0.121. The number of benzene rings is 3. The number of nitrogens with one attached hydrogen (secondary N) is 1. The van der Waals surface area contributed by atoms with Crippen molar-refractivity contribution in [2.45, 2.75) is 44.6 Å². The first-order valence-corrected chi connectivity index (χ1v) is 15.2. The summed E-state index contributed by atoms with van der Waals surface area (Å²) in [6.45, 7) is 3.92. The van der Waals surface area contributed by atoms with Crippen LogP contribution in [0.15, 0.2) is 70.4 Å². The van der Waals surface area contributed by atoms with Gasteiger partial charge in [0.2, 0.25) is 15.9 Å². The number of aryl methyl sites for hydroxylation is 1. The number of aromatic nitrogens is 3. The molecule has 0 aliphatic heterocycles. The van der Waals surface area contributed by atoms with Crippen molar-refractivity contribution in [3.8, 4) is 16.8 Å². The monoisotopic (exact) mass is 615 g/mol. The number of hydrogen-bond acceptors (Lipinski definition) is 6. The van der Waals surface area contributed by atoms with Crippen LogP contribution < -0.4 is 16.1 Å². The Morgan fingerprint density at radius 3 is 2.57 bits per heavy atom. The van der Waals surface area contributed by atoms with Gasteiger partial charge in [0.25, 0.3) is 0 Å². The molecule has 0 atom stereocenters. The fraction of sp³-hybridized carbons (Fsp3) is 0.276. The molecule has 0 unspecified atom stereocenters. The van der Waals surface area contributed by atoms with Crippen molar-refractivity contribution < 1.29 is 22.3 Å². The molecule has 10 nitrogen and oxygen atoms in total. The van der Waals surface area contributed by atoms with Crippen LogP contribution in [0, 0.1) is 5.82 Å². The maximum atomic E-state index is 15.4. The Hall–Kier alpha value is -3.84. The molecule has 0 aliphatic rings. The summed E-state index contributed by atoms with van der Waals surface area (Å²) >= 11 is 6.44. The average Bonchev–Trinajstić information content (AvgIpc) is 3.26. The molecule has 42 heavy (non-hydrogen) atoms. The molecule has 1 amide bonds. The number of sulfonamides is 1. The Balaban J connectivity index is 1.71. The number of carbonyl (C=O) groups excluding carboxylic acids is 1. The summed E-state index contributed by atoms with van der Waals surface area (Å²) in [5, 5.41) is 12.8. The van der Waals surface area contributed by atoms with E-state index in [0.717, 1.165) is 17.5 Å². The third-order valence-corrected chi connectivity index (χ3v) is 7.76. The predicted octanol–water partition coefficient (Wildman–Crippen LogP) is 4.51. The van der Waals surface area contributed by atoms with Crippen molar-refractivity contribution in [3.05, 3.63) is 93.4 Å². The van der Waals surface area contributed by atoms with Gasteiger partial charge in [-0.25, -0.2) is 22.7 Å². The quantitative estimate of drug-likeness (QED) is 0.241. The summed E-state index contributed by atoms with van der Waals surface area (Å²) in [7, 11) is -4.03. The van der Waals surface area contributed by atoms with E-state index in [2.05, 4.69) is 10.4 Å². The highest BCUT2D eigenvalue weighted by molar-refractivity contribution is 7.89. The minimum Gasteiger partial charge on any atom is -0.372 e. The van der Waals surface area contributed by atoms with Gasteiger partial charge in [-0.15, -0.1) is 5.10 Å². The zero-order valence-corrected chi connectivity index (χ0v) is 24.7. The van der Waals surface area contributed by atoms with Gasteiger partial charge in [0.15, 0.2) is 0 Å². The second kappa shape index (κ2) is 13.4. The molecule has 0 spiro atoms. The number of halogens is 2. The number of amides is 1. The van der Waals surface area contributed by atoms with Crippen LogP contribution in [-0.2, 0) is 32.5 Å². The van der Waals surface area contributed by atoms with Gasteiger partial charge in [0.05, 0.1) is 22.2 Å². The van der Waals surface area contributed by atoms with E-state index >= 15 is 4.39 Å². The van der Waals surface area contributed by atoms with Crippen LogP contribution in [0.4, 0.5) is 10.1 Å². The number of anilines is 1. The van der Waals surface area contributed by atoms with Crippen LogP contribution in [0.25, 0.3) is 16.8 Å². The van der Waals surface area contributed by atoms with Gasteiger partial charge in [-0.05, 0) is 49.2 Å². The highest BCUT2D eigenvalue weighted by Gasteiger charge is 2.20. The topological polar surface area (TPSA) is 138 Å². The zero-order valence-electron chi connectivity index (χ0n) is 23.1. The smallest absolute Gasteiger partial charge is 0.351 e. The lowest BCUT2D eigenvalue weighted by Gasteiger charge is -2.11. The Morgan fingerprint density at radius 1 is 1.12 bits per heavy atom. The van der Waals surface area contributed by atoms with Gasteiger partial charge >= 0.3 is 5.69 Å².